The fourth-order valence-electron chi connectivity index (χ4n) is 0.344. The quantitative estimate of drug-likeness (QED) is 0.584. The van der Waals surface area contributed by atoms with Crippen molar-refractivity contribution in [2.45, 2.75) is 0 Å². The van der Waals surface area contributed by atoms with E-state index in [0.717, 1.165) is 5.82 Å². The summed E-state index contributed by atoms with van der Waals surface area (Å²) < 4.78 is 0. The lowest BCUT2D eigenvalue weighted by atomic mass is 10.6. The molecule has 8 heavy (non-hydrogen) atoms. The van der Waals surface area contributed by atoms with Gasteiger partial charge in [0.15, 0.2) is 0 Å². The number of hydrogen-bond acceptors (Lipinski definition) is 1. The Morgan fingerprint density at radius 3 is 2.12 bits per heavy atom. The number of halogens is 2. The second-order valence-corrected chi connectivity index (χ2v) is 1.13. The van der Waals surface area contributed by atoms with Crippen molar-refractivity contribution >= 4 is 30.6 Å². The van der Waals surface area contributed by atoms with E-state index in [1.165, 1.54) is 0 Å². The zero-order chi connectivity index (χ0) is 4.41. The molecule has 0 radical (unpaired) electrons. The van der Waals surface area contributed by atoms with Gasteiger partial charge in [-0.1, -0.05) is 0 Å². The molecule has 0 aliphatic heterocycles. The fourth-order valence-corrected chi connectivity index (χ4v) is 0.344. The van der Waals surface area contributed by atoms with E-state index in [1.807, 2.05) is 6.07 Å². The average molecular weight is 155 g/mol. The summed E-state index contributed by atoms with van der Waals surface area (Å²) in [4.78, 5) is 2.78. The number of anilines is 1. The molecule has 1 aromatic heterocycles. The maximum Gasteiger partial charge on any atom is 0.100 e. The molecule has 0 fully saturated rings. The van der Waals surface area contributed by atoms with Gasteiger partial charge >= 0.3 is 0 Å². The van der Waals surface area contributed by atoms with Gasteiger partial charge in [-0.05, 0) is 12.1 Å². The lowest BCUT2D eigenvalue weighted by Crippen LogP contribution is -1.79. The summed E-state index contributed by atoms with van der Waals surface area (Å²) in [5.41, 5.74) is 5.22. The molecule has 1 heterocycles. The molecule has 0 bridgehead atoms. The third-order valence-electron chi connectivity index (χ3n) is 0.622. The van der Waals surface area contributed by atoms with Crippen LogP contribution in [0.1, 0.15) is 0 Å². The molecular weight excluding hydrogens is 147 g/mol. The fraction of sp³-hybridized carbons (Fsp3) is 0. The van der Waals surface area contributed by atoms with Crippen LogP contribution in [0.2, 0.25) is 0 Å². The molecule has 2 nitrogen and oxygen atoms in total. The van der Waals surface area contributed by atoms with E-state index < -0.39 is 0 Å². The van der Waals surface area contributed by atoms with Crippen LogP contribution < -0.4 is 5.73 Å². The van der Waals surface area contributed by atoms with Crippen LogP contribution in [0.15, 0.2) is 18.3 Å². The van der Waals surface area contributed by atoms with Crippen LogP contribution in [-0.2, 0) is 0 Å². The van der Waals surface area contributed by atoms with Crippen LogP contribution in [-0.4, -0.2) is 4.98 Å². The van der Waals surface area contributed by atoms with Crippen molar-refractivity contribution in [1.82, 2.24) is 4.98 Å². The van der Waals surface area contributed by atoms with Gasteiger partial charge in [-0.2, -0.15) is 0 Å². The molecule has 4 heteroatoms. The monoisotopic (exact) mass is 154 g/mol. The highest BCUT2D eigenvalue weighted by Crippen LogP contribution is 1.90. The topological polar surface area (TPSA) is 41.8 Å². The highest BCUT2D eigenvalue weighted by atomic mass is 35.5. The maximum atomic E-state index is 5.22. The van der Waals surface area contributed by atoms with E-state index in [-0.39, 0.29) is 24.8 Å². The SMILES string of the molecule is Cl.Cl.Nc1ccc[nH]1. The van der Waals surface area contributed by atoms with Crippen molar-refractivity contribution in [2.24, 2.45) is 0 Å². The first-order valence-electron chi connectivity index (χ1n) is 1.78. The number of hydrogen-bond donors (Lipinski definition) is 2. The Bertz CT molecular complexity index is 116. The summed E-state index contributed by atoms with van der Waals surface area (Å²) in [5, 5.41) is 0. The standard InChI is InChI=1S/C4H6N2.2ClH/c5-4-2-1-3-6-4;;/h1-3,6H,5H2;2*1H. The van der Waals surface area contributed by atoms with Crippen LogP contribution in [0, 0.1) is 0 Å². The van der Waals surface area contributed by atoms with Gasteiger partial charge in [0.25, 0.3) is 0 Å². The number of aromatic amines is 1. The highest BCUT2D eigenvalue weighted by Gasteiger charge is 1.72. The number of nitrogens with two attached hydrogens (primary N) is 1. The van der Waals surface area contributed by atoms with Gasteiger partial charge < -0.3 is 10.7 Å². The minimum absolute atomic E-state index is 0. The molecule has 3 N–H and O–H groups in total. The van der Waals surface area contributed by atoms with Gasteiger partial charge in [0.2, 0.25) is 0 Å². The Kier molecular flexibility index (Phi) is 6.38. The van der Waals surface area contributed by atoms with E-state index in [0.29, 0.717) is 0 Å². The van der Waals surface area contributed by atoms with Gasteiger partial charge in [-0.25, -0.2) is 0 Å². The average Bonchev–Trinajstić information content (AvgIpc) is 1.86. The van der Waals surface area contributed by atoms with E-state index >= 15 is 0 Å². The Hall–Kier alpha value is -0.340. The number of rotatable bonds is 0. The summed E-state index contributed by atoms with van der Waals surface area (Å²) in [6, 6.07) is 3.66. The second-order valence-electron chi connectivity index (χ2n) is 1.13. The molecule has 0 aliphatic rings. The Balaban J connectivity index is 0. The van der Waals surface area contributed by atoms with Crippen LogP contribution in [0.5, 0.6) is 0 Å². The molecule has 0 atom stereocenters. The second kappa shape index (κ2) is 4.81. The van der Waals surface area contributed by atoms with Crippen LogP contribution in [0.3, 0.4) is 0 Å². The van der Waals surface area contributed by atoms with Crippen molar-refractivity contribution in [3.05, 3.63) is 18.3 Å². The number of aromatic nitrogens is 1. The lowest BCUT2D eigenvalue weighted by molar-refractivity contribution is 1.42. The van der Waals surface area contributed by atoms with Gasteiger partial charge in [-0.3, -0.25) is 0 Å². The summed E-state index contributed by atoms with van der Waals surface area (Å²) in [7, 11) is 0. The number of nitrogens with one attached hydrogen (secondary N) is 1. The minimum atomic E-state index is 0. The van der Waals surface area contributed by atoms with Crippen molar-refractivity contribution in [1.29, 1.82) is 0 Å². The molecule has 0 spiro atoms. The van der Waals surface area contributed by atoms with Crippen molar-refractivity contribution < 1.29 is 0 Å². The summed E-state index contributed by atoms with van der Waals surface area (Å²) in [6.07, 6.45) is 1.79. The predicted octanol–water partition coefficient (Wildman–Crippen LogP) is 1.44. The zero-order valence-corrected chi connectivity index (χ0v) is 5.76. The van der Waals surface area contributed by atoms with E-state index in [9.17, 15) is 0 Å². The first kappa shape index (κ1) is 10.6. The largest absolute Gasteiger partial charge is 0.385 e. The molecule has 0 aliphatic carbocycles. The van der Waals surface area contributed by atoms with Crippen molar-refractivity contribution in [3.63, 3.8) is 0 Å². The predicted molar refractivity (Wildman–Crippen MR) is 39.7 cm³/mol. The summed E-state index contributed by atoms with van der Waals surface area (Å²) >= 11 is 0. The van der Waals surface area contributed by atoms with Gasteiger partial charge in [0.1, 0.15) is 5.82 Å². The van der Waals surface area contributed by atoms with Crippen LogP contribution in [0.4, 0.5) is 5.82 Å². The first-order valence-corrected chi connectivity index (χ1v) is 1.78. The number of nitrogen functional groups attached to an aromatic ring is 1. The molecule has 0 saturated heterocycles. The molecule has 0 saturated carbocycles. The number of H-pyrrole nitrogens is 1. The van der Waals surface area contributed by atoms with Crippen LogP contribution in [0.25, 0.3) is 0 Å². The zero-order valence-electron chi connectivity index (χ0n) is 4.13. The third kappa shape index (κ3) is 2.77. The third-order valence-corrected chi connectivity index (χ3v) is 0.622. The van der Waals surface area contributed by atoms with E-state index in [2.05, 4.69) is 4.98 Å². The Morgan fingerprint density at radius 2 is 2.00 bits per heavy atom. The molecule has 1 aromatic rings. The normalized spacial score (nSPS) is 6.50. The molecule has 0 unspecified atom stereocenters. The maximum absolute atomic E-state index is 5.22. The molecular formula is C4H8Cl2N2. The Labute approximate surface area is 60.3 Å². The molecule has 0 aromatic carbocycles. The smallest absolute Gasteiger partial charge is 0.100 e. The highest BCUT2D eigenvalue weighted by molar-refractivity contribution is 5.85. The summed E-state index contributed by atoms with van der Waals surface area (Å²) in [5.74, 6) is 0.718. The molecule has 48 valence electrons. The Morgan fingerprint density at radius 1 is 1.38 bits per heavy atom. The molecule has 0 amide bonds. The van der Waals surface area contributed by atoms with Crippen LogP contribution >= 0.6 is 24.8 Å². The van der Waals surface area contributed by atoms with Crippen molar-refractivity contribution in [2.75, 3.05) is 5.73 Å². The minimum Gasteiger partial charge on any atom is -0.385 e. The van der Waals surface area contributed by atoms with Gasteiger partial charge in [0.05, 0.1) is 0 Å². The van der Waals surface area contributed by atoms with Crippen molar-refractivity contribution in [3.8, 4) is 0 Å². The first-order chi connectivity index (χ1) is 2.89. The lowest BCUT2D eigenvalue weighted by Gasteiger charge is -1.72. The summed E-state index contributed by atoms with van der Waals surface area (Å²) in [6.45, 7) is 0. The van der Waals surface area contributed by atoms with E-state index in [4.69, 9.17) is 5.73 Å². The van der Waals surface area contributed by atoms with Gasteiger partial charge in [0, 0.05) is 6.20 Å². The van der Waals surface area contributed by atoms with Gasteiger partial charge in [-0.15, -0.1) is 24.8 Å². The van der Waals surface area contributed by atoms with E-state index in [1.54, 1.807) is 12.3 Å². The molecule has 1 rings (SSSR count).